The molecule has 1 rings (SSSR count). The summed E-state index contributed by atoms with van der Waals surface area (Å²) in [7, 11) is 0. The molecule has 0 bridgehead atoms. The molecule has 0 aromatic carbocycles. The second kappa shape index (κ2) is 4.52. The average Bonchev–Trinajstić information content (AvgIpc) is 2.62. The maximum atomic E-state index is 12.1. The van der Waals surface area contributed by atoms with E-state index >= 15 is 0 Å². The first kappa shape index (κ1) is 12.5. The van der Waals surface area contributed by atoms with Gasteiger partial charge in [0.25, 0.3) is 0 Å². The maximum absolute atomic E-state index is 12.1. The smallest absolute Gasteiger partial charge is 0.227 e. The highest BCUT2D eigenvalue weighted by Crippen LogP contribution is 2.37. The Balaban J connectivity index is 2.51. The Kier molecular flexibility index (Phi) is 3.77. The monoisotopic (exact) mass is 212 g/mol. The molecule has 1 saturated carbocycles. The van der Waals surface area contributed by atoms with Gasteiger partial charge < -0.3 is 11.1 Å². The first-order valence-electron chi connectivity index (χ1n) is 5.88. The summed E-state index contributed by atoms with van der Waals surface area (Å²) >= 11 is 0. The summed E-state index contributed by atoms with van der Waals surface area (Å²) in [6.07, 6.45) is 4.19. The van der Waals surface area contributed by atoms with Crippen molar-refractivity contribution in [3.05, 3.63) is 0 Å². The van der Waals surface area contributed by atoms with Gasteiger partial charge in [0.15, 0.2) is 0 Å². The molecular weight excluding hydrogens is 188 g/mol. The number of nitrogens with one attached hydrogen (secondary N) is 1. The first-order valence-corrected chi connectivity index (χ1v) is 5.88. The molecule has 0 saturated heterocycles. The SMILES string of the molecule is CC(C)(C)CNC(=O)C1(CN)CCCC1. The van der Waals surface area contributed by atoms with Gasteiger partial charge in [-0.1, -0.05) is 33.6 Å². The minimum Gasteiger partial charge on any atom is -0.355 e. The van der Waals surface area contributed by atoms with Gasteiger partial charge in [-0.25, -0.2) is 0 Å². The van der Waals surface area contributed by atoms with Crippen LogP contribution in [-0.2, 0) is 4.79 Å². The number of carbonyl (C=O) groups excluding carboxylic acids is 1. The van der Waals surface area contributed by atoms with Crippen LogP contribution in [0.3, 0.4) is 0 Å². The summed E-state index contributed by atoms with van der Waals surface area (Å²) in [5, 5.41) is 3.04. The Morgan fingerprint density at radius 3 is 2.27 bits per heavy atom. The van der Waals surface area contributed by atoms with Gasteiger partial charge in [0.05, 0.1) is 5.41 Å². The molecule has 1 fully saturated rings. The summed E-state index contributed by atoms with van der Waals surface area (Å²) < 4.78 is 0. The molecule has 0 atom stereocenters. The zero-order valence-electron chi connectivity index (χ0n) is 10.2. The zero-order chi connectivity index (χ0) is 11.5. The van der Waals surface area contributed by atoms with Crippen molar-refractivity contribution in [3.63, 3.8) is 0 Å². The molecule has 3 N–H and O–H groups in total. The van der Waals surface area contributed by atoms with E-state index in [4.69, 9.17) is 5.73 Å². The molecule has 0 aromatic rings. The Morgan fingerprint density at radius 1 is 1.33 bits per heavy atom. The highest BCUT2D eigenvalue weighted by atomic mass is 16.2. The zero-order valence-corrected chi connectivity index (χ0v) is 10.2. The molecule has 0 aromatic heterocycles. The standard InChI is InChI=1S/C12H24N2O/c1-11(2,3)9-14-10(15)12(8-13)6-4-5-7-12/h4-9,13H2,1-3H3,(H,14,15). The lowest BCUT2D eigenvalue weighted by Gasteiger charge is -2.28. The van der Waals surface area contributed by atoms with Gasteiger partial charge in [0, 0.05) is 13.1 Å². The van der Waals surface area contributed by atoms with Crippen LogP contribution in [0.5, 0.6) is 0 Å². The normalized spacial score (nSPS) is 20.3. The van der Waals surface area contributed by atoms with Crippen LogP contribution in [0.2, 0.25) is 0 Å². The first-order chi connectivity index (χ1) is 6.90. The molecule has 0 heterocycles. The van der Waals surface area contributed by atoms with E-state index in [1.165, 1.54) is 0 Å². The van der Waals surface area contributed by atoms with Crippen molar-refractivity contribution in [1.82, 2.24) is 5.32 Å². The number of carbonyl (C=O) groups is 1. The van der Waals surface area contributed by atoms with Crippen molar-refractivity contribution < 1.29 is 4.79 Å². The van der Waals surface area contributed by atoms with E-state index in [2.05, 4.69) is 26.1 Å². The topological polar surface area (TPSA) is 55.1 Å². The molecule has 3 nitrogen and oxygen atoms in total. The number of rotatable bonds is 3. The van der Waals surface area contributed by atoms with Crippen molar-refractivity contribution in [3.8, 4) is 0 Å². The quantitative estimate of drug-likeness (QED) is 0.747. The van der Waals surface area contributed by atoms with E-state index < -0.39 is 0 Å². The minimum absolute atomic E-state index is 0.143. The minimum atomic E-state index is -0.259. The van der Waals surface area contributed by atoms with Crippen LogP contribution in [0.4, 0.5) is 0 Å². The molecule has 3 heteroatoms. The van der Waals surface area contributed by atoms with E-state index in [9.17, 15) is 4.79 Å². The Bertz CT molecular complexity index is 224. The fourth-order valence-corrected chi connectivity index (χ4v) is 2.11. The van der Waals surface area contributed by atoms with Crippen molar-refractivity contribution in [2.24, 2.45) is 16.6 Å². The number of nitrogens with two attached hydrogens (primary N) is 1. The van der Waals surface area contributed by atoms with E-state index in [0.29, 0.717) is 6.54 Å². The molecule has 1 amide bonds. The Labute approximate surface area is 92.8 Å². The number of hydrogen-bond donors (Lipinski definition) is 2. The largest absolute Gasteiger partial charge is 0.355 e. The molecular formula is C12H24N2O. The van der Waals surface area contributed by atoms with Crippen LogP contribution in [-0.4, -0.2) is 19.0 Å². The van der Waals surface area contributed by atoms with Crippen LogP contribution in [0, 0.1) is 10.8 Å². The highest BCUT2D eigenvalue weighted by molar-refractivity contribution is 5.83. The van der Waals surface area contributed by atoms with E-state index in [0.717, 1.165) is 32.2 Å². The van der Waals surface area contributed by atoms with Crippen LogP contribution >= 0.6 is 0 Å². The molecule has 1 aliphatic rings. The fraction of sp³-hybridized carbons (Fsp3) is 0.917. The summed E-state index contributed by atoms with van der Waals surface area (Å²) in [4.78, 5) is 12.1. The maximum Gasteiger partial charge on any atom is 0.227 e. The van der Waals surface area contributed by atoms with Crippen LogP contribution in [0.15, 0.2) is 0 Å². The average molecular weight is 212 g/mol. The van der Waals surface area contributed by atoms with E-state index in [1.54, 1.807) is 0 Å². The van der Waals surface area contributed by atoms with Crippen molar-refractivity contribution in [2.45, 2.75) is 46.5 Å². The fourth-order valence-electron chi connectivity index (χ4n) is 2.11. The van der Waals surface area contributed by atoms with Crippen molar-refractivity contribution in [1.29, 1.82) is 0 Å². The molecule has 0 radical (unpaired) electrons. The Morgan fingerprint density at radius 2 is 1.87 bits per heavy atom. The van der Waals surface area contributed by atoms with Crippen LogP contribution in [0.1, 0.15) is 46.5 Å². The third-order valence-electron chi connectivity index (χ3n) is 3.21. The Hall–Kier alpha value is -0.570. The predicted molar refractivity (Wildman–Crippen MR) is 62.4 cm³/mol. The summed E-state index contributed by atoms with van der Waals surface area (Å²) in [6.45, 7) is 7.59. The highest BCUT2D eigenvalue weighted by Gasteiger charge is 2.39. The number of amides is 1. The summed E-state index contributed by atoms with van der Waals surface area (Å²) in [5.74, 6) is 0.164. The molecule has 0 unspecified atom stereocenters. The second-order valence-corrected chi connectivity index (χ2v) is 5.93. The van der Waals surface area contributed by atoms with Gasteiger partial charge in [-0.15, -0.1) is 0 Å². The molecule has 1 aliphatic carbocycles. The van der Waals surface area contributed by atoms with Crippen molar-refractivity contribution >= 4 is 5.91 Å². The number of hydrogen-bond acceptors (Lipinski definition) is 2. The van der Waals surface area contributed by atoms with Gasteiger partial charge in [-0.2, -0.15) is 0 Å². The third-order valence-corrected chi connectivity index (χ3v) is 3.21. The molecule has 0 aliphatic heterocycles. The second-order valence-electron chi connectivity index (χ2n) is 5.93. The van der Waals surface area contributed by atoms with Gasteiger partial charge in [0.1, 0.15) is 0 Å². The van der Waals surface area contributed by atoms with E-state index in [1.807, 2.05) is 0 Å². The molecule has 15 heavy (non-hydrogen) atoms. The van der Waals surface area contributed by atoms with Crippen LogP contribution in [0.25, 0.3) is 0 Å². The lowest BCUT2D eigenvalue weighted by Crippen LogP contribution is -2.46. The predicted octanol–water partition coefficient (Wildman–Crippen LogP) is 1.67. The molecule has 88 valence electrons. The summed E-state index contributed by atoms with van der Waals surface area (Å²) in [6, 6.07) is 0. The van der Waals surface area contributed by atoms with E-state index in [-0.39, 0.29) is 16.7 Å². The van der Waals surface area contributed by atoms with Gasteiger partial charge >= 0.3 is 0 Å². The lowest BCUT2D eigenvalue weighted by atomic mass is 9.84. The molecule has 0 spiro atoms. The third kappa shape index (κ3) is 3.20. The van der Waals surface area contributed by atoms with Gasteiger partial charge in [-0.3, -0.25) is 4.79 Å². The van der Waals surface area contributed by atoms with Crippen LogP contribution < -0.4 is 11.1 Å². The summed E-state index contributed by atoms with van der Waals surface area (Å²) in [5.41, 5.74) is 5.63. The van der Waals surface area contributed by atoms with Gasteiger partial charge in [-0.05, 0) is 18.3 Å². The van der Waals surface area contributed by atoms with Gasteiger partial charge in [0.2, 0.25) is 5.91 Å². The lowest BCUT2D eigenvalue weighted by molar-refractivity contribution is -0.130. The van der Waals surface area contributed by atoms with Crippen molar-refractivity contribution in [2.75, 3.05) is 13.1 Å².